The van der Waals surface area contributed by atoms with Crippen molar-refractivity contribution in [2.45, 2.75) is 19.8 Å². The van der Waals surface area contributed by atoms with Crippen molar-refractivity contribution in [3.63, 3.8) is 0 Å². The maximum Gasteiger partial charge on any atom is 0.269 e. The van der Waals surface area contributed by atoms with Crippen LogP contribution in [-0.2, 0) is 4.79 Å². The Labute approximate surface area is 166 Å². The van der Waals surface area contributed by atoms with Gasteiger partial charge in [0.1, 0.15) is 0 Å². The van der Waals surface area contributed by atoms with Crippen LogP contribution in [0.25, 0.3) is 5.69 Å². The van der Waals surface area contributed by atoms with Crippen LogP contribution in [-0.4, -0.2) is 26.5 Å². The fourth-order valence-electron chi connectivity index (χ4n) is 2.64. The second-order valence-electron chi connectivity index (χ2n) is 6.28. The molecule has 3 aromatic rings. The molecule has 148 valence electrons. The van der Waals surface area contributed by atoms with Crippen molar-refractivity contribution in [1.82, 2.24) is 9.78 Å². The van der Waals surface area contributed by atoms with Gasteiger partial charge in [-0.25, -0.2) is 4.68 Å². The van der Waals surface area contributed by atoms with Crippen molar-refractivity contribution in [2.24, 2.45) is 0 Å². The first-order valence-electron chi connectivity index (χ1n) is 8.97. The number of nitrogens with one attached hydrogen (secondary N) is 2. The fourth-order valence-corrected chi connectivity index (χ4v) is 2.64. The molecule has 2 aromatic carbocycles. The molecule has 2 N–H and O–H groups in total. The summed E-state index contributed by atoms with van der Waals surface area (Å²) in [5, 5.41) is 20.4. The standard InChI is InChI=1S/C20H19N5O4/c1-2-4-19(26)22-15-5-3-6-16(11-15)23-20(27)14-12-21-24(13-14)17-7-9-18(10-8-17)25(28)29/h3,5-13H,2,4H2,1H3,(H,22,26)(H,23,27). The maximum atomic E-state index is 12.5. The van der Waals surface area contributed by atoms with Crippen LogP contribution in [0.5, 0.6) is 0 Å². The first kappa shape index (κ1) is 19.7. The lowest BCUT2D eigenvalue weighted by atomic mass is 10.2. The number of nitro groups is 1. The Morgan fingerprint density at radius 1 is 1.10 bits per heavy atom. The lowest BCUT2D eigenvalue weighted by Crippen LogP contribution is -2.13. The minimum Gasteiger partial charge on any atom is -0.326 e. The lowest BCUT2D eigenvalue weighted by molar-refractivity contribution is -0.384. The summed E-state index contributed by atoms with van der Waals surface area (Å²) in [5.41, 5.74) is 2.03. The number of anilines is 2. The van der Waals surface area contributed by atoms with Crippen molar-refractivity contribution < 1.29 is 14.5 Å². The smallest absolute Gasteiger partial charge is 0.269 e. The summed E-state index contributed by atoms with van der Waals surface area (Å²) in [6.07, 6.45) is 4.12. The lowest BCUT2D eigenvalue weighted by Gasteiger charge is -2.08. The monoisotopic (exact) mass is 393 g/mol. The van der Waals surface area contributed by atoms with E-state index < -0.39 is 4.92 Å². The van der Waals surface area contributed by atoms with Gasteiger partial charge in [-0.1, -0.05) is 13.0 Å². The molecule has 0 bridgehead atoms. The van der Waals surface area contributed by atoms with Gasteiger partial charge in [0.05, 0.1) is 22.4 Å². The second-order valence-corrected chi connectivity index (χ2v) is 6.28. The number of hydrogen-bond donors (Lipinski definition) is 2. The second kappa shape index (κ2) is 8.79. The number of carbonyl (C=O) groups excluding carboxylic acids is 2. The molecule has 0 spiro atoms. The predicted molar refractivity (Wildman–Crippen MR) is 108 cm³/mol. The van der Waals surface area contributed by atoms with Gasteiger partial charge in [-0.15, -0.1) is 0 Å². The molecule has 0 atom stereocenters. The van der Waals surface area contributed by atoms with Crippen molar-refractivity contribution in [3.05, 3.63) is 76.6 Å². The SMILES string of the molecule is CCCC(=O)Nc1cccc(NC(=O)c2cnn(-c3ccc([N+](=O)[O-])cc3)c2)c1. The molecular formula is C20H19N5O4. The minimum absolute atomic E-state index is 0.0233. The Bertz CT molecular complexity index is 1040. The molecule has 9 heteroatoms. The normalized spacial score (nSPS) is 10.4. The van der Waals surface area contributed by atoms with Gasteiger partial charge in [-0.3, -0.25) is 19.7 Å². The molecule has 1 heterocycles. The number of rotatable bonds is 7. The van der Waals surface area contributed by atoms with Crippen molar-refractivity contribution in [2.75, 3.05) is 10.6 Å². The number of benzene rings is 2. The van der Waals surface area contributed by atoms with E-state index in [1.54, 1.807) is 36.4 Å². The zero-order valence-electron chi connectivity index (χ0n) is 15.7. The van der Waals surface area contributed by atoms with Crippen molar-refractivity contribution >= 4 is 28.9 Å². The van der Waals surface area contributed by atoms with E-state index in [1.807, 2.05) is 6.92 Å². The Kier molecular flexibility index (Phi) is 5.98. The quantitative estimate of drug-likeness (QED) is 0.468. The average molecular weight is 393 g/mol. The van der Waals surface area contributed by atoms with Gasteiger partial charge in [0.25, 0.3) is 11.6 Å². The van der Waals surface area contributed by atoms with Crippen molar-refractivity contribution in [3.8, 4) is 5.69 Å². The first-order chi connectivity index (χ1) is 14.0. The van der Waals surface area contributed by atoms with Crippen LogP contribution in [0, 0.1) is 10.1 Å². The van der Waals surface area contributed by atoms with Gasteiger partial charge in [0.2, 0.25) is 5.91 Å². The van der Waals surface area contributed by atoms with Gasteiger partial charge >= 0.3 is 0 Å². The Morgan fingerprint density at radius 3 is 2.45 bits per heavy atom. The third-order valence-corrected chi connectivity index (χ3v) is 4.05. The molecule has 0 aliphatic rings. The van der Waals surface area contributed by atoms with E-state index in [0.717, 1.165) is 6.42 Å². The van der Waals surface area contributed by atoms with Gasteiger partial charge in [0, 0.05) is 36.1 Å². The van der Waals surface area contributed by atoms with Gasteiger partial charge in [0.15, 0.2) is 0 Å². The van der Waals surface area contributed by atoms with Crippen LogP contribution in [0.15, 0.2) is 60.9 Å². The van der Waals surface area contributed by atoms with Crippen LogP contribution in [0.4, 0.5) is 17.1 Å². The molecule has 3 rings (SSSR count). The highest BCUT2D eigenvalue weighted by atomic mass is 16.6. The fraction of sp³-hybridized carbons (Fsp3) is 0.150. The molecule has 2 amide bonds. The van der Waals surface area contributed by atoms with E-state index in [-0.39, 0.29) is 17.5 Å². The highest BCUT2D eigenvalue weighted by Crippen LogP contribution is 2.18. The first-order valence-corrected chi connectivity index (χ1v) is 8.97. The molecule has 0 saturated carbocycles. The third kappa shape index (κ3) is 5.04. The summed E-state index contributed by atoms with van der Waals surface area (Å²) >= 11 is 0. The number of carbonyl (C=O) groups is 2. The summed E-state index contributed by atoms with van der Waals surface area (Å²) in [4.78, 5) is 34.5. The number of aromatic nitrogens is 2. The topological polar surface area (TPSA) is 119 Å². The highest BCUT2D eigenvalue weighted by Gasteiger charge is 2.12. The van der Waals surface area contributed by atoms with Crippen molar-refractivity contribution in [1.29, 1.82) is 0 Å². The summed E-state index contributed by atoms with van der Waals surface area (Å²) in [6, 6.07) is 12.7. The highest BCUT2D eigenvalue weighted by molar-refractivity contribution is 6.04. The predicted octanol–water partition coefficient (Wildman–Crippen LogP) is 3.77. The van der Waals surface area contributed by atoms with Crippen LogP contribution < -0.4 is 10.6 Å². The number of nitro benzene ring substituents is 1. The zero-order valence-corrected chi connectivity index (χ0v) is 15.7. The molecule has 1 aromatic heterocycles. The zero-order chi connectivity index (χ0) is 20.8. The molecule has 0 radical (unpaired) electrons. The number of non-ortho nitro benzene ring substituents is 1. The molecule has 0 aliphatic carbocycles. The Balaban J connectivity index is 1.69. The molecule has 29 heavy (non-hydrogen) atoms. The summed E-state index contributed by atoms with van der Waals surface area (Å²) < 4.78 is 1.46. The summed E-state index contributed by atoms with van der Waals surface area (Å²) in [6.45, 7) is 1.92. The molecular weight excluding hydrogens is 374 g/mol. The van der Waals surface area contributed by atoms with E-state index in [4.69, 9.17) is 0 Å². The Morgan fingerprint density at radius 2 is 1.79 bits per heavy atom. The average Bonchev–Trinajstić information content (AvgIpc) is 3.19. The summed E-state index contributed by atoms with van der Waals surface area (Å²) in [7, 11) is 0. The number of amides is 2. The van der Waals surface area contributed by atoms with E-state index in [2.05, 4.69) is 15.7 Å². The molecule has 9 nitrogen and oxygen atoms in total. The van der Waals surface area contributed by atoms with Crippen LogP contribution in [0.2, 0.25) is 0 Å². The van der Waals surface area contributed by atoms with E-state index in [1.165, 1.54) is 29.2 Å². The molecule has 0 fully saturated rings. The molecule has 0 unspecified atom stereocenters. The minimum atomic E-state index is -0.482. The van der Waals surface area contributed by atoms with Crippen LogP contribution in [0.3, 0.4) is 0 Å². The largest absolute Gasteiger partial charge is 0.326 e. The number of nitrogens with zero attached hydrogens (tertiary/aromatic N) is 3. The van der Waals surface area contributed by atoms with Crippen LogP contribution >= 0.6 is 0 Å². The van der Waals surface area contributed by atoms with Gasteiger partial charge in [-0.05, 0) is 36.8 Å². The molecule has 0 aliphatic heterocycles. The Hall–Kier alpha value is -4.01. The van der Waals surface area contributed by atoms with E-state index >= 15 is 0 Å². The van der Waals surface area contributed by atoms with Gasteiger partial charge in [-0.2, -0.15) is 5.10 Å². The van der Waals surface area contributed by atoms with E-state index in [0.29, 0.717) is 29.0 Å². The maximum absolute atomic E-state index is 12.5. The van der Waals surface area contributed by atoms with Crippen LogP contribution in [0.1, 0.15) is 30.1 Å². The summed E-state index contributed by atoms with van der Waals surface area (Å²) in [5.74, 6) is -0.449. The van der Waals surface area contributed by atoms with E-state index in [9.17, 15) is 19.7 Å². The third-order valence-electron chi connectivity index (χ3n) is 4.05. The van der Waals surface area contributed by atoms with Gasteiger partial charge < -0.3 is 10.6 Å². The molecule has 0 saturated heterocycles. The number of hydrogen-bond acceptors (Lipinski definition) is 5.